The average molecular weight is 423 g/mol. The summed E-state index contributed by atoms with van der Waals surface area (Å²) in [6.07, 6.45) is 1.46. The Bertz CT molecular complexity index is 1140. The van der Waals surface area contributed by atoms with Crippen LogP contribution in [0.5, 0.6) is 0 Å². The van der Waals surface area contributed by atoms with Crippen molar-refractivity contribution in [3.05, 3.63) is 60.0 Å². The number of aromatic nitrogens is 1. The molecule has 0 atom stereocenters. The summed E-state index contributed by atoms with van der Waals surface area (Å²) in [4.78, 5) is 13.4. The highest BCUT2D eigenvalue weighted by molar-refractivity contribution is 7.89. The number of furan rings is 1. The SMILES string of the molecule is O=C(c1cc(-c2ccco2)on1)N1CCN(S(=O)(=O)c2ccc(F)cc2F)CC1. The standard InChI is InChI=1S/C18H15F2N3O5S/c19-12-3-4-17(13(20)10-12)29(25,26)23-7-5-22(6-8-23)18(24)14-11-16(28-21-14)15-2-1-9-27-15/h1-4,9-11H,5-8H2. The predicted molar refractivity (Wildman–Crippen MR) is 95.2 cm³/mol. The lowest BCUT2D eigenvalue weighted by Gasteiger charge is -2.33. The van der Waals surface area contributed by atoms with Gasteiger partial charge in [-0.2, -0.15) is 4.31 Å². The van der Waals surface area contributed by atoms with Gasteiger partial charge in [0.2, 0.25) is 15.8 Å². The first-order chi connectivity index (χ1) is 13.9. The number of sulfonamides is 1. The van der Waals surface area contributed by atoms with Crippen LogP contribution in [0, 0.1) is 11.6 Å². The Morgan fingerprint density at radius 3 is 2.45 bits per heavy atom. The molecule has 2 aromatic heterocycles. The summed E-state index contributed by atoms with van der Waals surface area (Å²) in [6, 6.07) is 7.07. The third-order valence-corrected chi connectivity index (χ3v) is 6.46. The van der Waals surface area contributed by atoms with E-state index >= 15 is 0 Å². The quantitative estimate of drug-likeness (QED) is 0.639. The molecule has 0 aliphatic carbocycles. The molecule has 8 nitrogen and oxygen atoms in total. The van der Waals surface area contributed by atoms with Crippen LogP contribution in [-0.4, -0.2) is 54.9 Å². The summed E-state index contributed by atoms with van der Waals surface area (Å²) in [7, 11) is -4.14. The van der Waals surface area contributed by atoms with Crippen LogP contribution in [0.3, 0.4) is 0 Å². The zero-order valence-corrected chi connectivity index (χ0v) is 15.7. The maximum absolute atomic E-state index is 13.9. The second-order valence-corrected chi connectivity index (χ2v) is 8.23. The van der Waals surface area contributed by atoms with E-state index in [4.69, 9.17) is 8.94 Å². The van der Waals surface area contributed by atoms with Gasteiger partial charge >= 0.3 is 0 Å². The van der Waals surface area contributed by atoms with E-state index in [0.717, 1.165) is 16.4 Å². The summed E-state index contributed by atoms with van der Waals surface area (Å²) in [6.45, 7) is 0.106. The smallest absolute Gasteiger partial charge is 0.276 e. The lowest BCUT2D eigenvalue weighted by Crippen LogP contribution is -2.50. The van der Waals surface area contributed by atoms with E-state index in [1.807, 2.05) is 0 Å². The van der Waals surface area contributed by atoms with Gasteiger partial charge in [0.15, 0.2) is 11.5 Å². The minimum Gasteiger partial charge on any atom is -0.461 e. The molecule has 1 amide bonds. The highest BCUT2D eigenvalue weighted by Crippen LogP contribution is 2.23. The molecule has 152 valence electrons. The largest absolute Gasteiger partial charge is 0.461 e. The van der Waals surface area contributed by atoms with Crippen LogP contribution in [0.25, 0.3) is 11.5 Å². The van der Waals surface area contributed by atoms with Gasteiger partial charge in [-0.25, -0.2) is 17.2 Å². The highest BCUT2D eigenvalue weighted by Gasteiger charge is 2.33. The van der Waals surface area contributed by atoms with E-state index in [0.29, 0.717) is 17.6 Å². The Hall–Kier alpha value is -3.05. The van der Waals surface area contributed by atoms with Gasteiger partial charge in [-0.1, -0.05) is 5.16 Å². The van der Waals surface area contributed by atoms with E-state index in [2.05, 4.69) is 5.16 Å². The van der Waals surface area contributed by atoms with Crippen LogP contribution in [0.15, 0.2) is 56.5 Å². The topological polar surface area (TPSA) is 96.9 Å². The summed E-state index contributed by atoms with van der Waals surface area (Å²) in [5, 5.41) is 3.74. The molecule has 1 saturated heterocycles. The Balaban J connectivity index is 1.44. The van der Waals surface area contributed by atoms with Crippen molar-refractivity contribution in [2.75, 3.05) is 26.2 Å². The Labute approximate surface area is 164 Å². The predicted octanol–water partition coefficient (Wildman–Crippen LogP) is 2.36. The molecule has 0 bridgehead atoms. The van der Waals surface area contributed by atoms with E-state index in [9.17, 15) is 22.0 Å². The lowest BCUT2D eigenvalue weighted by atomic mass is 10.2. The third kappa shape index (κ3) is 3.66. The van der Waals surface area contributed by atoms with Crippen LogP contribution in [0.2, 0.25) is 0 Å². The molecule has 11 heteroatoms. The molecule has 29 heavy (non-hydrogen) atoms. The first kappa shape index (κ1) is 19.3. The van der Waals surface area contributed by atoms with Crippen molar-refractivity contribution in [1.82, 2.24) is 14.4 Å². The number of rotatable bonds is 4. The normalized spacial score (nSPS) is 15.6. The fourth-order valence-corrected chi connectivity index (χ4v) is 4.50. The molecule has 0 unspecified atom stereocenters. The number of hydrogen-bond acceptors (Lipinski definition) is 6. The van der Waals surface area contributed by atoms with Crippen LogP contribution in [0.4, 0.5) is 8.78 Å². The van der Waals surface area contributed by atoms with Crippen LogP contribution < -0.4 is 0 Å². The Kier molecular flexibility index (Phi) is 4.92. The molecule has 3 heterocycles. The molecule has 0 saturated carbocycles. The minimum absolute atomic E-state index is 0.0339. The molecular formula is C18H15F2N3O5S. The molecular weight excluding hydrogens is 408 g/mol. The van der Waals surface area contributed by atoms with Gasteiger partial charge < -0.3 is 13.8 Å². The van der Waals surface area contributed by atoms with Crippen molar-refractivity contribution < 1.29 is 30.9 Å². The minimum atomic E-state index is -4.14. The van der Waals surface area contributed by atoms with Gasteiger partial charge in [-0.15, -0.1) is 0 Å². The monoisotopic (exact) mass is 423 g/mol. The maximum atomic E-state index is 13.9. The fourth-order valence-electron chi connectivity index (χ4n) is 3.03. The molecule has 3 aromatic rings. The highest BCUT2D eigenvalue weighted by atomic mass is 32.2. The van der Waals surface area contributed by atoms with Crippen LogP contribution in [-0.2, 0) is 10.0 Å². The molecule has 1 aliphatic heterocycles. The van der Waals surface area contributed by atoms with E-state index < -0.39 is 32.5 Å². The Morgan fingerprint density at radius 1 is 1.03 bits per heavy atom. The summed E-state index contributed by atoms with van der Waals surface area (Å²) < 4.78 is 63.6. The summed E-state index contributed by atoms with van der Waals surface area (Å²) in [5.41, 5.74) is 0.0669. The second kappa shape index (κ2) is 7.41. The van der Waals surface area contributed by atoms with Gasteiger partial charge in [0, 0.05) is 38.3 Å². The third-order valence-electron chi connectivity index (χ3n) is 4.53. The molecule has 0 radical (unpaired) electrons. The maximum Gasteiger partial charge on any atom is 0.276 e. The molecule has 0 spiro atoms. The number of nitrogens with zero attached hydrogens (tertiary/aromatic N) is 3. The fraction of sp³-hybridized carbons (Fsp3) is 0.222. The van der Waals surface area contributed by atoms with Gasteiger partial charge in [-0.05, 0) is 24.3 Å². The first-order valence-corrected chi connectivity index (χ1v) is 10.1. The van der Waals surface area contributed by atoms with E-state index in [-0.39, 0.29) is 31.9 Å². The summed E-state index contributed by atoms with van der Waals surface area (Å²) in [5.74, 6) is -1.72. The number of hydrogen-bond donors (Lipinski definition) is 0. The molecule has 0 N–H and O–H groups in total. The Morgan fingerprint density at radius 2 is 1.79 bits per heavy atom. The zero-order valence-electron chi connectivity index (χ0n) is 14.9. The van der Waals surface area contributed by atoms with Crippen molar-refractivity contribution >= 4 is 15.9 Å². The van der Waals surface area contributed by atoms with Gasteiger partial charge in [0.25, 0.3) is 5.91 Å². The number of carbonyl (C=O) groups is 1. The first-order valence-electron chi connectivity index (χ1n) is 8.61. The molecule has 1 fully saturated rings. The van der Waals surface area contributed by atoms with Crippen molar-refractivity contribution in [3.8, 4) is 11.5 Å². The second-order valence-electron chi connectivity index (χ2n) is 6.32. The molecule has 4 rings (SSSR count). The number of piperazine rings is 1. The van der Waals surface area contributed by atoms with E-state index in [1.54, 1.807) is 12.1 Å². The zero-order chi connectivity index (χ0) is 20.6. The summed E-state index contributed by atoms with van der Waals surface area (Å²) >= 11 is 0. The lowest BCUT2D eigenvalue weighted by molar-refractivity contribution is 0.0687. The van der Waals surface area contributed by atoms with Crippen molar-refractivity contribution in [3.63, 3.8) is 0 Å². The number of amides is 1. The molecule has 1 aliphatic rings. The van der Waals surface area contributed by atoms with Crippen molar-refractivity contribution in [1.29, 1.82) is 0 Å². The van der Waals surface area contributed by atoms with Crippen molar-refractivity contribution in [2.45, 2.75) is 4.90 Å². The van der Waals surface area contributed by atoms with Crippen LogP contribution >= 0.6 is 0 Å². The van der Waals surface area contributed by atoms with Crippen molar-refractivity contribution in [2.24, 2.45) is 0 Å². The molecule has 1 aromatic carbocycles. The average Bonchev–Trinajstić information content (AvgIpc) is 3.39. The van der Waals surface area contributed by atoms with E-state index in [1.165, 1.54) is 17.2 Å². The van der Waals surface area contributed by atoms with Gasteiger partial charge in [-0.3, -0.25) is 4.79 Å². The van der Waals surface area contributed by atoms with Crippen LogP contribution in [0.1, 0.15) is 10.5 Å². The van der Waals surface area contributed by atoms with Gasteiger partial charge in [0.05, 0.1) is 6.26 Å². The number of benzene rings is 1. The van der Waals surface area contributed by atoms with Gasteiger partial charge in [0.1, 0.15) is 16.5 Å². The number of halogens is 2. The number of carbonyl (C=O) groups excluding carboxylic acids is 1.